The fraction of sp³-hybridized carbons (Fsp3) is 0. The molecule has 0 aliphatic heterocycles. The van der Waals surface area contributed by atoms with Gasteiger partial charge < -0.3 is 52.5 Å². The smallest absolute Gasteiger partial charge is 0.0689 e. The van der Waals surface area contributed by atoms with Gasteiger partial charge in [0.1, 0.15) is 0 Å². The van der Waals surface area contributed by atoms with Crippen molar-refractivity contribution in [2.75, 3.05) is 0 Å². The molecule has 0 saturated carbocycles. The van der Waals surface area contributed by atoms with Gasteiger partial charge >= 0.3 is 0 Å². The molecular weight excluding hydrogens is 188 g/mol. The fourth-order valence-corrected chi connectivity index (χ4v) is 0. The molecule has 0 bridgehead atoms. The van der Waals surface area contributed by atoms with E-state index in [1.807, 2.05) is 0 Å². The molecule has 0 atom stereocenters. The van der Waals surface area contributed by atoms with Crippen molar-refractivity contribution in [2.24, 2.45) is 0 Å². The first-order chi connectivity index (χ1) is 3.46. The number of hydrogen-bond donors (Lipinski definition) is 0. The number of rotatable bonds is 0. The predicted octanol–water partition coefficient (Wildman–Crippen LogP) is -3.97. The van der Waals surface area contributed by atoms with E-state index in [1.165, 1.54) is 0 Å². The standard InChI is InChI=1S/2NO3.4H2O/c2*2-1(3)4;;;;/h;;4*1H2/q2*-1;;;;/p+2. The van der Waals surface area contributed by atoms with Crippen LogP contribution in [0, 0.1) is 30.6 Å². The Labute approximate surface area is 64.1 Å². The van der Waals surface area contributed by atoms with Gasteiger partial charge in [0.05, 0.1) is 10.2 Å². The van der Waals surface area contributed by atoms with Crippen LogP contribution in [-0.2, 0) is 11.0 Å². The molecular formula is H10N2O10. The predicted molar refractivity (Wildman–Crippen MR) is 37.7 cm³/mol. The first-order valence-electron chi connectivity index (χ1n) is 1.10. The van der Waals surface area contributed by atoms with E-state index in [1.54, 1.807) is 0 Å². The van der Waals surface area contributed by atoms with Crippen molar-refractivity contribution in [3.63, 3.8) is 0 Å². The molecule has 0 radical (unpaired) electrons. The third-order valence-electron chi connectivity index (χ3n) is 0. The van der Waals surface area contributed by atoms with Crippen LogP contribution < -0.4 is 0 Å². The number of hydrogen-bond acceptors (Lipinski definition) is 6. The Kier molecular flexibility index (Phi) is 141. The number of nitrogens with zero attached hydrogens (tertiary/aromatic N) is 2. The lowest BCUT2D eigenvalue weighted by atomic mass is 13.1. The Balaban J connectivity index is -0.0000000112. The molecule has 0 saturated heterocycles. The van der Waals surface area contributed by atoms with E-state index in [4.69, 9.17) is 30.6 Å². The Morgan fingerprint density at radius 3 is 0.667 bits per heavy atom. The van der Waals surface area contributed by atoms with Crippen molar-refractivity contribution >= 4 is 0 Å². The second kappa shape index (κ2) is 34.9. The Hall–Kier alpha value is -1.76. The van der Waals surface area contributed by atoms with Crippen LogP contribution in [0.2, 0.25) is 0 Å². The van der Waals surface area contributed by atoms with E-state index >= 15 is 0 Å². The second-order valence-electron chi connectivity index (χ2n) is 0.447. The topological polar surface area (TPSA) is 261 Å². The largest absolute Gasteiger partial charge is 0.457 e. The molecule has 0 heterocycles. The first kappa shape index (κ1) is 48.6. The molecule has 0 amide bonds. The van der Waals surface area contributed by atoms with E-state index in [9.17, 15) is 0 Å². The molecule has 0 aromatic rings. The van der Waals surface area contributed by atoms with E-state index in [0.29, 0.717) is 0 Å². The lowest BCUT2D eigenvalue weighted by Crippen LogP contribution is -1.74. The molecule has 0 rings (SSSR count). The maximum atomic E-state index is 8.25. The summed E-state index contributed by atoms with van der Waals surface area (Å²) < 4.78 is 0. The summed E-state index contributed by atoms with van der Waals surface area (Å²) in [5, 5.41) is 29.5. The molecule has 10 N–H and O–H groups in total. The van der Waals surface area contributed by atoms with Crippen molar-refractivity contribution < 1.29 is 32.1 Å². The van der Waals surface area contributed by atoms with Crippen molar-refractivity contribution in [1.29, 1.82) is 0 Å². The van der Waals surface area contributed by atoms with Crippen molar-refractivity contribution in [3.05, 3.63) is 30.6 Å². The molecule has 12 heteroatoms. The van der Waals surface area contributed by atoms with E-state index < -0.39 is 10.2 Å². The van der Waals surface area contributed by atoms with Gasteiger partial charge in [-0.3, -0.25) is 0 Å². The highest BCUT2D eigenvalue weighted by atomic mass is 16.9. The molecule has 0 spiro atoms. The van der Waals surface area contributed by atoms with Crippen LogP contribution in [0.4, 0.5) is 0 Å². The molecule has 12 heavy (non-hydrogen) atoms. The van der Waals surface area contributed by atoms with E-state index in [2.05, 4.69) is 0 Å². The lowest BCUT2D eigenvalue weighted by Gasteiger charge is -1.74. The zero-order chi connectivity index (χ0) is 7.15. The summed E-state index contributed by atoms with van der Waals surface area (Å²) in [6, 6.07) is 0. The average molecular weight is 198 g/mol. The quantitative estimate of drug-likeness (QED) is 0.212. The highest BCUT2D eigenvalue weighted by Gasteiger charge is 1.46. The molecule has 80 valence electrons. The summed E-state index contributed by atoms with van der Waals surface area (Å²) in [4.78, 5) is 16.5. The van der Waals surface area contributed by atoms with Crippen LogP contribution in [0.5, 0.6) is 0 Å². The van der Waals surface area contributed by atoms with Crippen molar-refractivity contribution in [1.82, 2.24) is 0 Å². The highest BCUT2D eigenvalue weighted by molar-refractivity contribution is 4.04. The van der Waals surface area contributed by atoms with Gasteiger partial charge in [0.15, 0.2) is 0 Å². The van der Waals surface area contributed by atoms with Gasteiger partial charge in [-0.05, 0) is 0 Å². The summed E-state index contributed by atoms with van der Waals surface area (Å²) in [6.07, 6.45) is 0. The van der Waals surface area contributed by atoms with Crippen molar-refractivity contribution in [2.45, 2.75) is 0 Å². The fourth-order valence-electron chi connectivity index (χ4n) is 0. The Bertz CT molecular complexity index is 65.8. The summed E-state index contributed by atoms with van der Waals surface area (Å²) >= 11 is 0. The lowest BCUT2D eigenvalue weighted by molar-refractivity contribution is -0.403. The first-order valence-corrected chi connectivity index (χ1v) is 1.10. The van der Waals surface area contributed by atoms with E-state index in [0.717, 1.165) is 0 Å². The zero-order valence-corrected chi connectivity index (χ0v) is 5.50. The van der Waals surface area contributed by atoms with Crippen LogP contribution in [0.1, 0.15) is 0 Å². The van der Waals surface area contributed by atoms with Gasteiger partial charge in [-0.25, -0.2) is 0 Å². The van der Waals surface area contributed by atoms with Gasteiger partial charge in [0.2, 0.25) is 0 Å². The van der Waals surface area contributed by atoms with Gasteiger partial charge in [-0.2, -0.15) is 0 Å². The van der Waals surface area contributed by atoms with Crippen molar-refractivity contribution in [3.8, 4) is 0 Å². The van der Waals surface area contributed by atoms with Gasteiger partial charge in [0, 0.05) is 0 Å². The molecule has 0 aliphatic carbocycles. The van der Waals surface area contributed by atoms with Crippen LogP contribution in [0.15, 0.2) is 0 Å². The monoisotopic (exact) mass is 198 g/mol. The van der Waals surface area contributed by atoms with Crippen LogP contribution in [0.25, 0.3) is 0 Å². The summed E-state index contributed by atoms with van der Waals surface area (Å²) in [6.45, 7) is 0. The van der Waals surface area contributed by atoms with Crippen LogP contribution >= 0.6 is 0 Å². The minimum atomic E-state index is -1.75. The van der Waals surface area contributed by atoms with Gasteiger partial charge in [-0.15, -0.1) is 0 Å². The zero-order valence-electron chi connectivity index (χ0n) is 5.50. The normalized spacial score (nSPS) is 4.00. The maximum absolute atomic E-state index is 8.25. The third kappa shape index (κ3) is 139. The molecule has 0 unspecified atom stereocenters. The van der Waals surface area contributed by atoms with Crippen LogP contribution in [0.3, 0.4) is 0 Å². The summed E-state index contributed by atoms with van der Waals surface area (Å²) in [5.74, 6) is 0. The maximum Gasteiger partial charge on any atom is 0.0689 e. The summed E-state index contributed by atoms with van der Waals surface area (Å²) in [5.41, 5.74) is 0. The Morgan fingerprint density at radius 1 is 0.667 bits per heavy atom. The Morgan fingerprint density at radius 2 is 0.667 bits per heavy atom. The van der Waals surface area contributed by atoms with Crippen LogP contribution in [-0.4, -0.2) is 21.1 Å². The SMILES string of the molecule is O.O.O=[N+]([O-])[O-].O=[N+]([O-])[O-].[OH3+].[OH3+]. The minimum absolute atomic E-state index is 0. The minimum Gasteiger partial charge on any atom is -0.457 e. The average Bonchev–Trinajstić information content (AvgIpc) is 1.25. The molecule has 0 aromatic heterocycles. The molecule has 0 fully saturated rings. The third-order valence-corrected chi connectivity index (χ3v) is 0. The second-order valence-corrected chi connectivity index (χ2v) is 0.447. The molecule has 0 aliphatic rings. The molecule has 0 aromatic carbocycles. The highest BCUT2D eigenvalue weighted by Crippen LogP contribution is 1.44. The molecule has 12 nitrogen and oxygen atoms in total. The summed E-state index contributed by atoms with van der Waals surface area (Å²) in [7, 11) is 0. The van der Waals surface area contributed by atoms with Gasteiger partial charge in [-0.1, -0.05) is 0 Å². The van der Waals surface area contributed by atoms with E-state index in [-0.39, 0.29) is 21.9 Å². The van der Waals surface area contributed by atoms with Gasteiger partial charge in [0.25, 0.3) is 0 Å².